The maximum Gasteiger partial charge on any atom is 0.137 e. The molecule has 0 spiro atoms. The van der Waals surface area contributed by atoms with E-state index in [0.29, 0.717) is 17.7 Å². The van der Waals surface area contributed by atoms with Gasteiger partial charge >= 0.3 is 0 Å². The third-order valence-corrected chi connectivity index (χ3v) is 4.92. The molecule has 0 aliphatic carbocycles. The topological polar surface area (TPSA) is 37.0 Å². The minimum atomic E-state index is 0. The van der Waals surface area contributed by atoms with Gasteiger partial charge < -0.3 is 14.8 Å². The molecule has 0 aromatic heterocycles. The highest BCUT2D eigenvalue weighted by molar-refractivity contribution is 6.32. The minimum absolute atomic E-state index is 0. The average Bonchev–Trinajstić information content (AvgIpc) is 2.58. The molecule has 2 heterocycles. The molecular weight excluding hydrogens is 361 g/mol. The maximum atomic E-state index is 6.41. The molecule has 2 fully saturated rings. The zero-order valence-corrected chi connectivity index (χ0v) is 16.5. The van der Waals surface area contributed by atoms with Crippen LogP contribution in [0, 0.1) is 0 Å². The summed E-state index contributed by atoms with van der Waals surface area (Å²) in [5.74, 6) is 0.780. The average molecular weight is 390 g/mol. The normalized spacial score (nSPS) is 22.4. The SMILES string of the molecule is C[C@H]1CN(Cc2ccc(OCCN3CCOCC3)c(Cl)c2)CCN1.Cl. The van der Waals surface area contributed by atoms with E-state index < -0.39 is 0 Å². The van der Waals surface area contributed by atoms with Crippen LogP contribution < -0.4 is 10.1 Å². The number of rotatable bonds is 6. The molecule has 3 rings (SSSR count). The molecule has 0 unspecified atom stereocenters. The van der Waals surface area contributed by atoms with Crippen molar-refractivity contribution < 1.29 is 9.47 Å². The summed E-state index contributed by atoms with van der Waals surface area (Å²) in [4.78, 5) is 4.82. The molecule has 0 amide bonds. The first-order chi connectivity index (χ1) is 11.7. The molecule has 2 aliphatic rings. The second kappa shape index (κ2) is 10.6. The Bertz CT molecular complexity index is 527. The second-order valence-electron chi connectivity index (χ2n) is 6.66. The van der Waals surface area contributed by atoms with E-state index in [-0.39, 0.29) is 12.4 Å². The Kier molecular flexibility index (Phi) is 8.76. The molecule has 1 aromatic carbocycles. The number of hydrogen-bond donors (Lipinski definition) is 1. The molecule has 25 heavy (non-hydrogen) atoms. The predicted octanol–water partition coefficient (Wildman–Crippen LogP) is 2.27. The summed E-state index contributed by atoms with van der Waals surface area (Å²) in [7, 11) is 0. The van der Waals surface area contributed by atoms with Crippen LogP contribution in [-0.2, 0) is 11.3 Å². The molecule has 7 heteroatoms. The van der Waals surface area contributed by atoms with Gasteiger partial charge in [0.1, 0.15) is 12.4 Å². The molecule has 5 nitrogen and oxygen atoms in total. The summed E-state index contributed by atoms with van der Waals surface area (Å²) in [6, 6.07) is 6.72. The Morgan fingerprint density at radius 3 is 2.76 bits per heavy atom. The quantitative estimate of drug-likeness (QED) is 0.807. The first-order valence-electron chi connectivity index (χ1n) is 8.88. The second-order valence-corrected chi connectivity index (χ2v) is 7.06. The van der Waals surface area contributed by atoms with Gasteiger partial charge in [-0.05, 0) is 24.6 Å². The van der Waals surface area contributed by atoms with Crippen molar-refractivity contribution in [1.29, 1.82) is 0 Å². The van der Waals surface area contributed by atoms with E-state index in [1.807, 2.05) is 12.1 Å². The third-order valence-electron chi connectivity index (χ3n) is 4.62. The van der Waals surface area contributed by atoms with Crippen LogP contribution in [0.1, 0.15) is 12.5 Å². The van der Waals surface area contributed by atoms with E-state index in [4.69, 9.17) is 21.1 Å². The molecule has 1 aromatic rings. The fourth-order valence-electron chi connectivity index (χ4n) is 3.28. The van der Waals surface area contributed by atoms with Crippen molar-refractivity contribution >= 4 is 24.0 Å². The molecule has 1 atom stereocenters. The van der Waals surface area contributed by atoms with Gasteiger partial charge in [0.15, 0.2) is 0 Å². The number of piperazine rings is 1. The van der Waals surface area contributed by atoms with Gasteiger partial charge in [-0.3, -0.25) is 9.80 Å². The molecule has 0 bridgehead atoms. The van der Waals surface area contributed by atoms with Crippen LogP contribution in [-0.4, -0.2) is 74.9 Å². The smallest absolute Gasteiger partial charge is 0.137 e. The van der Waals surface area contributed by atoms with Gasteiger partial charge in [0.2, 0.25) is 0 Å². The Balaban J connectivity index is 0.00000225. The highest BCUT2D eigenvalue weighted by Gasteiger charge is 2.16. The summed E-state index contributed by atoms with van der Waals surface area (Å²) in [5.41, 5.74) is 1.25. The lowest BCUT2D eigenvalue weighted by molar-refractivity contribution is 0.0322. The zero-order valence-electron chi connectivity index (χ0n) is 14.9. The number of ether oxygens (including phenoxy) is 2. The third kappa shape index (κ3) is 6.59. The summed E-state index contributed by atoms with van der Waals surface area (Å²) in [5, 5.41) is 4.18. The fourth-order valence-corrected chi connectivity index (χ4v) is 3.54. The van der Waals surface area contributed by atoms with Gasteiger partial charge in [-0.1, -0.05) is 17.7 Å². The van der Waals surface area contributed by atoms with Gasteiger partial charge in [0.05, 0.1) is 18.2 Å². The van der Waals surface area contributed by atoms with Crippen molar-refractivity contribution in [3.63, 3.8) is 0 Å². The van der Waals surface area contributed by atoms with E-state index in [9.17, 15) is 0 Å². The van der Waals surface area contributed by atoms with Crippen LogP contribution in [0.3, 0.4) is 0 Å². The molecule has 142 valence electrons. The molecular formula is C18H29Cl2N3O2. The molecule has 2 saturated heterocycles. The zero-order chi connectivity index (χ0) is 16.8. The largest absolute Gasteiger partial charge is 0.491 e. The van der Waals surface area contributed by atoms with Crippen molar-refractivity contribution in [1.82, 2.24) is 15.1 Å². The number of morpholine rings is 1. The number of nitrogens with zero attached hydrogens (tertiary/aromatic N) is 2. The standard InChI is InChI=1S/C18H28ClN3O2.ClH/c1-15-13-22(5-4-20-15)14-16-2-3-18(17(19)12-16)24-11-8-21-6-9-23-10-7-21;/h2-3,12,15,20H,4-11,13-14H2,1H3;1H/t15-;/m0./s1. The number of halogens is 2. The van der Waals surface area contributed by atoms with E-state index in [0.717, 1.165) is 64.8 Å². The monoisotopic (exact) mass is 389 g/mol. The number of hydrogen-bond acceptors (Lipinski definition) is 5. The van der Waals surface area contributed by atoms with Crippen LogP contribution in [0.2, 0.25) is 5.02 Å². The first-order valence-corrected chi connectivity index (χ1v) is 9.25. The fraction of sp³-hybridized carbons (Fsp3) is 0.667. The lowest BCUT2D eigenvalue weighted by Gasteiger charge is -2.31. The maximum absolute atomic E-state index is 6.41. The highest BCUT2D eigenvalue weighted by atomic mass is 35.5. The van der Waals surface area contributed by atoms with Gasteiger partial charge in [0, 0.05) is 51.9 Å². The van der Waals surface area contributed by atoms with E-state index in [1.54, 1.807) is 0 Å². The van der Waals surface area contributed by atoms with Crippen LogP contribution in [0.25, 0.3) is 0 Å². The van der Waals surface area contributed by atoms with Gasteiger partial charge in [-0.25, -0.2) is 0 Å². The summed E-state index contributed by atoms with van der Waals surface area (Å²) in [6.45, 7) is 11.6. The van der Waals surface area contributed by atoms with Crippen molar-refractivity contribution in [3.8, 4) is 5.75 Å². The number of benzene rings is 1. The van der Waals surface area contributed by atoms with Gasteiger partial charge in [-0.2, -0.15) is 0 Å². The molecule has 1 N–H and O–H groups in total. The summed E-state index contributed by atoms with van der Waals surface area (Å²) in [6.07, 6.45) is 0. The number of nitrogens with one attached hydrogen (secondary N) is 1. The van der Waals surface area contributed by atoms with Crippen LogP contribution in [0.5, 0.6) is 5.75 Å². The van der Waals surface area contributed by atoms with E-state index in [1.165, 1.54) is 5.56 Å². The summed E-state index contributed by atoms with van der Waals surface area (Å²) < 4.78 is 11.2. The lowest BCUT2D eigenvalue weighted by atomic mass is 10.1. The van der Waals surface area contributed by atoms with E-state index in [2.05, 4.69) is 28.1 Å². The minimum Gasteiger partial charge on any atom is -0.491 e. The Morgan fingerprint density at radius 1 is 1.24 bits per heavy atom. The lowest BCUT2D eigenvalue weighted by Crippen LogP contribution is -2.48. The Hall–Kier alpha value is -0.560. The summed E-state index contributed by atoms with van der Waals surface area (Å²) >= 11 is 6.41. The van der Waals surface area contributed by atoms with Gasteiger partial charge in [-0.15, -0.1) is 12.4 Å². The van der Waals surface area contributed by atoms with Crippen molar-refractivity contribution in [3.05, 3.63) is 28.8 Å². The van der Waals surface area contributed by atoms with Crippen LogP contribution >= 0.6 is 24.0 Å². The van der Waals surface area contributed by atoms with Crippen LogP contribution in [0.4, 0.5) is 0 Å². The van der Waals surface area contributed by atoms with Crippen LogP contribution in [0.15, 0.2) is 18.2 Å². The predicted molar refractivity (Wildman–Crippen MR) is 104 cm³/mol. The Morgan fingerprint density at radius 2 is 2.04 bits per heavy atom. The van der Waals surface area contributed by atoms with Gasteiger partial charge in [0.25, 0.3) is 0 Å². The molecule has 0 saturated carbocycles. The van der Waals surface area contributed by atoms with Crippen molar-refractivity contribution in [2.45, 2.75) is 19.5 Å². The highest BCUT2D eigenvalue weighted by Crippen LogP contribution is 2.26. The van der Waals surface area contributed by atoms with E-state index >= 15 is 0 Å². The first kappa shape index (κ1) is 20.7. The Labute approximate surface area is 162 Å². The molecule has 2 aliphatic heterocycles. The van der Waals surface area contributed by atoms with Crippen molar-refractivity contribution in [2.24, 2.45) is 0 Å². The van der Waals surface area contributed by atoms with Crippen molar-refractivity contribution in [2.75, 3.05) is 59.1 Å². The molecule has 0 radical (unpaired) electrons.